The number of nitrogens with zero attached hydrogens (tertiary/aromatic N) is 2. The minimum Gasteiger partial charge on any atom is -0.352 e. The van der Waals surface area contributed by atoms with Gasteiger partial charge in [-0.15, -0.1) is 0 Å². The van der Waals surface area contributed by atoms with Crippen molar-refractivity contribution in [3.8, 4) is 0 Å². The van der Waals surface area contributed by atoms with Crippen molar-refractivity contribution in [2.24, 2.45) is 0 Å². The minimum atomic E-state index is -3.52. The summed E-state index contributed by atoms with van der Waals surface area (Å²) in [6.45, 7) is 4.13. The average Bonchev–Trinajstić information content (AvgIpc) is 2.86. The van der Waals surface area contributed by atoms with E-state index in [1.807, 2.05) is 31.2 Å². The Labute approximate surface area is 226 Å². The van der Waals surface area contributed by atoms with Crippen molar-refractivity contribution in [3.05, 3.63) is 64.7 Å². The summed E-state index contributed by atoms with van der Waals surface area (Å²) in [7, 11) is -3.52. The van der Waals surface area contributed by atoms with Crippen LogP contribution in [0.3, 0.4) is 0 Å². The third kappa shape index (κ3) is 8.75. The van der Waals surface area contributed by atoms with Crippen LogP contribution >= 0.6 is 11.6 Å². The first-order valence-electron chi connectivity index (χ1n) is 12.9. The molecule has 0 radical (unpaired) electrons. The van der Waals surface area contributed by atoms with E-state index in [0.29, 0.717) is 17.1 Å². The first-order valence-corrected chi connectivity index (χ1v) is 15.2. The number of carbonyl (C=O) groups excluding carboxylic acids is 2. The van der Waals surface area contributed by atoms with Crippen molar-refractivity contribution in [3.63, 3.8) is 0 Å². The lowest BCUT2D eigenvalue weighted by atomic mass is 9.95. The Bertz CT molecular complexity index is 1150. The number of aryl methyl sites for hydroxylation is 1. The standard InChI is InChI=1S/C28H38ClN3O4S/c1-21-11-17-26(18-12-21)32(37(3,35)36)19-7-10-27(33)31(20-23-13-15-24(29)16-14-23)22(2)28(34)30-25-8-5-4-6-9-25/h11-18,22,25H,4-10,19-20H2,1-3H3,(H,30,34)/t22-/m0/s1. The molecule has 2 aromatic rings. The molecule has 0 heterocycles. The van der Waals surface area contributed by atoms with Gasteiger partial charge in [0.1, 0.15) is 6.04 Å². The van der Waals surface area contributed by atoms with E-state index in [1.165, 1.54) is 17.0 Å². The molecule has 0 unspecified atom stereocenters. The first-order chi connectivity index (χ1) is 17.5. The van der Waals surface area contributed by atoms with Gasteiger partial charge in [-0.2, -0.15) is 0 Å². The fraction of sp³-hybridized carbons (Fsp3) is 0.500. The molecule has 37 heavy (non-hydrogen) atoms. The fourth-order valence-electron chi connectivity index (χ4n) is 4.65. The molecule has 1 aliphatic carbocycles. The summed E-state index contributed by atoms with van der Waals surface area (Å²) in [5, 5.41) is 3.73. The Hall–Kier alpha value is -2.58. The van der Waals surface area contributed by atoms with Gasteiger partial charge >= 0.3 is 0 Å². The van der Waals surface area contributed by atoms with Gasteiger partial charge in [-0.3, -0.25) is 13.9 Å². The molecule has 1 N–H and O–H groups in total. The summed E-state index contributed by atoms with van der Waals surface area (Å²) in [5.41, 5.74) is 2.47. The maximum Gasteiger partial charge on any atom is 0.242 e. The number of hydrogen-bond acceptors (Lipinski definition) is 4. The molecular formula is C28H38ClN3O4S. The molecule has 2 aromatic carbocycles. The topological polar surface area (TPSA) is 86.8 Å². The fourth-order valence-corrected chi connectivity index (χ4v) is 5.74. The molecule has 9 heteroatoms. The highest BCUT2D eigenvalue weighted by Crippen LogP contribution is 2.21. The van der Waals surface area contributed by atoms with Gasteiger partial charge in [0.25, 0.3) is 0 Å². The van der Waals surface area contributed by atoms with Gasteiger partial charge in [0.15, 0.2) is 0 Å². The highest BCUT2D eigenvalue weighted by molar-refractivity contribution is 7.92. The van der Waals surface area contributed by atoms with Crippen molar-refractivity contribution in [1.82, 2.24) is 10.2 Å². The summed E-state index contributed by atoms with van der Waals surface area (Å²) in [4.78, 5) is 28.1. The SMILES string of the molecule is Cc1ccc(N(CCCC(=O)N(Cc2ccc(Cl)cc2)[C@@H](C)C(=O)NC2CCCCC2)S(C)(=O)=O)cc1. The second-order valence-electron chi connectivity index (χ2n) is 9.94. The maximum atomic E-state index is 13.4. The van der Waals surface area contributed by atoms with Crippen LogP contribution < -0.4 is 9.62 Å². The zero-order valence-corrected chi connectivity index (χ0v) is 23.5. The number of nitrogens with one attached hydrogen (secondary N) is 1. The van der Waals surface area contributed by atoms with E-state index in [9.17, 15) is 18.0 Å². The highest BCUT2D eigenvalue weighted by atomic mass is 35.5. The van der Waals surface area contributed by atoms with Gasteiger partial charge < -0.3 is 10.2 Å². The minimum absolute atomic E-state index is 0.118. The van der Waals surface area contributed by atoms with Gasteiger partial charge in [-0.1, -0.05) is 60.7 Å². The van der Waals surface area contributed by atoms with E-state index >= 15 is 0 Å². The van der Waals surface area contributed by atoms with E-state index in [0.717, 1.165) is 36.8 Å². The van der Waals surface area contributed by atoms with E-state index < -0.39 is 16.1 Å². The molecule has 0 bridgehead atoms. The van der Waals surface area contributed by atoms with Crippen LogP contribution in [0.5, 0.6) is 0 Å². The Morgan fingerprint density at radius 2 is 1.65 bits per heavy atom. The number of carbonyl (C=O) groups is 2. The third-order valence-electron chi connectivity index (χ3n) is 6.86. The van der Waals surface area contributed by atoms with E-state index in [4.69, 9.17) is 11.6 Å². The van der Waals surface area contributed by atoms with E-state index in [1.54, 1.807) is 36.1 Å². The van der Waals surface area contributed by atoms with E-state index in [-0.39, 0.29) is 37.4 Å². The molecule has 0 saturated heterocycles. The molecular weight excluding hydrogens is 510 g/mol. The lowest BCUT2D eigenvalue weighted by molar-refractivity contribution is -0.141. The summed E-state index contributed by atoms with van der Waals surface area (Å²) < 4.78 is 26.2. The Morgan fingerprint density at radius 3 is 2.24 bits per heavy atom. The molecule has 3 rings (SSSR count). The number of sulfonamides is 1. The lowest BCUT2D eigenvalue weighted by Crippen LogP contribution is -2.50. The third-order valence-corrected chi connectivity index (χ3v) is 8.31. The first kappa shape index (κ1) is 29.0. The van der Waals surface area contributed by atoms with Crippen molar-refractivity contribution in [1.29, 1.82) is 0 Å². The zero-order chi connectivity index (χ0) is 27.0. The normalized spacial score (nSPS) is 15.1. The van der Waals surface area contributed by atoms with Crippen LogP contribution in [-0.2, 0) is 26.2 Å². The predicted molar refractivity (Wildman–Crippen MR) is 149 cm³/mol. The van der Waals surface area contributed by atoms with Crippen LogP contribution in [0.15, 0.2) is 48.5 Å². The largest absolute Gasteiger partial charge is 0.352 e. The molecule has 0 aliphatic heterocycles. The summed E-state index contributed by atoms with van der Waals surface area (Å²) in [6, 6.07) is 14.0. The molecule has 202 valence electrons. The quantitative estimate of drug-likeness (QED) is 0.426. The van der Waals surface area contributed by atoms with Crippen LogP contribution in [0.2, 0.25) is 5.02 Å². The number of benzene rings is 2. The van der Waals surface area contributed by atoms with E-state index in [2.05, 4.69) is 5.32 Å². The molecule has 0 aromatic heterocycles. The van der Waals surface area contributed by atoms with Gasteiger partial charge in [0.2, 0.25) is 21.8 Å². The number of hydrogen-bond donors (Lipinski definition) is 1. The second-order valence-corrected chi connectivity index (χ2v) is 12.3. The monoisotopic (exact) mass is 547 g/mol. The van der Waals surface area contributed by atoms with Gasteiger partial charge in [-0.25, -0.2) is 8.42 Å². The smallest absolute Gasteiger partial charge is 0.242 e. The number of rotatable bonds is 11. The number of halogens is 1. The van der Waals surface area contributed by atoms with Gasteiger partial charge in [-0.05, 0) is 62.9 Å². The molecule has 0 spiro atoms. The lowest BCUT2D eigenvalue weighted by Gasteiger charge is -2.31. The van der Waals surface area contributed by atoms with Gasteiger partial charge in [0, 0.05) is 30.6 Å². The number of anilines is 1. The summed E-state index contributed by atoms with van der Waals surface area (Å²) in [6.07, 6.45) is 6.93. The van der Waals surface area contributed by atoms with Crippen LogP contribution in [0.4, 0.5) is 5.69 Å². The predicted octanol–water partition coefficient (Wildman–Crippen LogP) is 5.06. The van der Waals surface area contributed by atoms with Crippen molar-refractivity contribution in [2.45, 2.75) is 77.4 Å². The molecule has 1 aliphatic rings. The van der Waals surface area contributed by atoms with Gasteiger partial charge in [0.05, 0.1) is 11.9 Å². The van der Waals surface area contributed by atoms with Crippen molar-refractivity contribution in [2.75, 3.05) is 17.1 Å². The molecule has 2 amide bonds. The second kappa shape index (κ2) is 13.3. The highest BCUT2D eigenvalue weighted by Gasteiger charge is 2.28. The Kier molecular flexibility index (Phi) is 10.4. The average molecular weight is 548 g/mol. The van der Waals surface area contributed by atoms with Crippen molar-refractivity contribution < 1.29 is 18.0 Å². The Balaban J connectivity index is 1.70. The van der Waals surface area contributed by atoms with Crippen LogP contribution in [0, 0.1) is 6.92 Å². The van der Waals surface area contributed by atoms with Crippen LogP contribution in [0.1, 0.15) is 63.0 Å². The van der Waals surface area contributed by atoms with Crippen LogP contribution in [-0.4, -0.2) is 50.0 Å². The Morgan fingerprint density at radius 1 is 1.03 bits per heavy atom. The molecule has 1 atom stereocenters. The summed E-state index contributed by atoms with van der Waals surface area (Å²) >= 11 is 6.03. The molecule has 1 saturated carbocycles. The maximum absolute atomic E-state index is 13.4. The number of amides is 2. The van der Waals surface area contributed by atoms with Crippen LogP contribution in [0.25, 0.3) is 0 Å². The molecule has 1 fully saturated rings. The zero-order valence-electron chi connectivity index (χ0n) is 22.0. The van der Waals surface area contributed by atoms with Crippen molar-refractivity contribution >= 4 is 39.1 Å². The summed E-state index contributed by atoms with van der Waals surface area (Å²) in [5.74, 6) is -0.356. The molecule has 7 nitrogen and oxygen atoms in total.